The van der Waals surface area contributed by atoms with E-state index in [2.05, 4.69) is 22.7 Å². The topological polar surface area (TPSA) is 70.2 Å². The Morgan fingerprint density at radius 1 is 1.11 bits per heavy atom. The third-order valence-corrected chi connectivity index (χ3v) is 4.20. The maximum Gasteiger partial charge on any atom is 0.288 e. The van der Waals surface area contributed by atoms with E-state index < -0.39 is 0 Å². The average Bonchev–Trinajstić information content (AvgIpc) is 2.63. The standard InChI is InChI=1S/C20H22ClN5O/c1-4-6-13-7-5-8-16-17(13)24-19(18(23-16)20(27)25-26(2)3)22-15-11-9-14(21)10-12-15/h5,7-12H,4,6H2,1-3H3,(H,22,24)(H,25,27). The molecule has 1 heterocycles. The predicted molar refractivity (Wildman–Crippen MR) is 109 cm³/mol. The fraction of sp³-hybridized carbons (Fsp3) is 0.250. The van der Waals surface area contributed by atoms with Crippen molar-refractivity contribution in [3.8, 4) is 0 Å². The third kappa shape index (κ3) is 4.53. The number of amides is 1. The van der Waals surface area contributed by atoms with Gasteiger partial charge in [0.15, 0.2) is 11.5 Å². The summed E-state index contributed by atoms with van der Waals surface area (Å²) < 4.78 is 0. The Morgan fingerprint density at radius 2 is 1.85 bits per heavy atom. The molecule has 0 aliphatic rings. The predicted octanol–water partition coefficient (Wildman–Crippen LogP) is 4.19. The van der Waals surface area contributed by atoms with Crippen LogP contribution in [-0.2, 0) is 6.42 Å². The van der Waals surface area contributed by atoms with Crippen LogP contribution < -0.4 is 10.7 Å². The molecule has 0 saturated heterocycles. The van der Waals surface area contributed by atoms with Crippen LogP contribution in [0.5, 0.6) is 0 Å². The van der Waals surface area contributed by atoms with Gasteiger partial charge in [-0.1, -0.05) is 37.1 Å². The lowest BCUT2D eigenvalue weighted by atomic mass is 10.1. The minimum atomic E-state index is -0.327. The van der Waals surface area contributed by atoms with Gasteiger partial charge in [-0.3, -0.25) is 10.2 Å². The zero-order valence-corrected chi connectivity index (χ0v) is 16.3. The Labute approximate surface area is 163 Å². The normalized spacial score (nSPS) is 11.0. The Bertz CT molecular complexity index is 956. The van der Waals surface area contributed by atoms with Crippen LogP contribution in [0.3, 0.4) is 0 Å². The average molecular weight is 384 g/mol. The van der Waals surface area contributed by atoms with E-state index in [1.165, 1.54) is 0 Å². The van der Waals surface area contributed by atoms with Crippen molar-refractivity contribution >= 4 is 40.0 Å². The summed E-state index contributed by atoms with van der Waals surface area (Å²) in [5, 5.41) is 5.42. The molecule has 0 unspecified atom stereocenters. The highest BCUT2D eigenvalue weighted by Crippen LogP contribution is 2.25. The van der Waals surface area contributed by atoms with Crippen molar-refractivity contribution in [3.63, 3.8) is 0 Å². The number of aromatic nitrogens is 2. The molecule has 27 heavy (non-hydrogen) atoms. The van der Waals surface area contributed by atoms with Crippen molar-refractivity contribution in [3.05, 3.63) is 58.7 Å². The number of hydrogen-bond acceptors (Lipinski definition) is 5. The first kappa shape index (κ1) is 19.1. The molecule has 3 aromatic rings. The van der Waals surface area contributed by atoms with Gasteiger partial charge in [0.2, 0.25) is 0 Å². The van der Waals surface area contributed by atoms with Crippen LogP contribution in [0, 0.1) is 0 Å². The summed E-state index contributed by atoms with van der Waals surface area (Å²) in [5.74, 6) is 0.0829. The maximum atomic E-state index is 12.7. The first-order valence-electron chi connectivity index (χ1n) is 8.78. The zero-order valence-electron chi connectivity index (χ0n) is 15.6. The number of anilines is 2. The number of carbonyl (C=O) groups is 1. The first-order valence-corrected chi connectivity index (χ1v) is 9.16. The number of rotatable bonds is 6. The number of carbonyl (C=O) groups excluding carboxylic acids is 1. The molecule has 0 bridgehead atoms. The van der Waals surface area contributed by atoms with Crippen molar-refractivity contribution in [2.24, 2.45) is 0 Å². The molecular formula is C20H22ClN5O. The third-order valence-electron chi connectivity index (χ3n) is 3.94. The number of aryl methyl sites for hydroxylation is 1. The second-order valence-corrected chi connectivity index (χ2v) is 6.86. The Kier molecular flexibility index (Phi) is 5.88. The Morgan fingerprint density at radius 3 is 2.52 bits per heavy atom. The quantitative estimate of drug-likeness (QED) is 0.625. The fourth-order valence-corrected chi connectivity index (χ4v) is 2.90. The van der Waals surface area contributed by atoms with E-state index in [4.69, 9.17) is 16.6 Å². The van der Waals surface area contributed by atoms with E-state index in [1.54, 1.807) is 31.2 Å². The van der Waals surface area contributed by atoms with E-state index in [-0.39, 0.29) is 11.6 Å². The lowest BCUT2D eigenvalue weighted by Gasteiger charge is -2.16. The SMILES string of the molecule is CCCc1cccc2nc(C(=O)NN(C)C)c(Nc3ccc(Cl)cc3)nc12. The van der Waals surface area contributed by atoms with Gasteiger partial charge in [0.1, 0.15) is 0 Å². The second kappa shape index (κ2) is 8.33. The van der Waals surface area contributed by atoms with E-state index in [0.29, 0.717) is 16.4 Å². The van der Waals surface area contributed by atoms with Gasteiger partial charge in [-0.2, -0.15) is 0 Å². The van der Waals surface area contributed by atoms with E-state index in [0.717, 1.165) is 29.6 Å². The van der Waals surface area contributed by atoms with Crippen molar-refractivity contribution < 1.29 is 4.79 Å². The molecule has 0 aliphatic heterocycles. The van der Waals surface area contributed by atoms with Gasteiger partial charge in [-0.05, 0) is 42.3 Å². The molecule has 0 saturated carbocycles. The largest absolute Gasteiger partial charge is 0.338 e. The van der Waals surface area contributed by atoms with Gasteiger partial charge in [-0.25, -0.2) is 15.0 Å². The van der Waals surface area contributed by atoms with Crippen LogP contribution in [0.25, 0.3) is 11.0 Å². The zero-order chi connectivity index (χ0) is 19.4. The minimum absolute atomic E-state index is 0.236. The Balaban J connectivity index is 2.11. The molecule has 1 amide bonds. The lowest BCUT2D eigenvalue weighted by Crippen LogP contribution is -2.37. The van der Waals surface area contributed by atoms with Crippen LogP contribution in [-0.4, -0.2) is 35.0 Å². The summed E-state index contributed by atoms with van der Waals surface area (Å²) in [7, 11) is 3.50. The summed E-state index contributed by atoms with van der Waals surface area (Å²) >= 11 is 5.96. The van der Waals surface area contributed by atoms with Gasteiger partial charge in [0, 0.05) is 24.8 Å². The van der Waals surface area contributed by atoms with E-state index in [9.17, 15) is 4.79 Å². The summed E-state index contributed by atoms with van der Waals surface area (Å²) in [6.07, 6.45) is 1.90. The number of nitrogens with zero attached hydrogens (tertiary/aromatic N) is 3. The van der Waals surface area contributed by atoms with Gasteiger partial charge in [0.25, 0.3) is 5.91 Å². The van der Waals surface area contributed by atoms with Crippen molar-refractivity contribution in [2.75, 3.05) is 19.4 Å². The smallest absolute Gasteiger partial charge is 0.288 e. The Hall–Kier alpha value is -2.70. The van der Waals surface area contributed by atoms with Gasteiger partial charge >= 0.3 is 0 Å². The molecule has 0 radical (unpaired) electrons. The molecule has 0 fully saturated rings. The summed E-state index contributed by atoms with van der Waals surface area (Å²) in [6.45, 7) is 2.12. The molecule has 0 atom stereocenters. The molecule has 3 rings (SSSR count). The molecule has 0 spiro atoms. The number of benzene rings is 2. The molecule has 0 aliphatic carbocycles. The maximum absolute atomic E-state index is 12.7. The number of hydrogen-bond donors (Lipinski definition) is 2. The van der Waals surface area contributed by atoms with Gasteiger partial charge in [-0.15, -0.1) is 0 Å². The number of nitrogens with one attached hydrogen (secondary N) is 2. The number of halogens is 1. The molecule has 7 heteroatoms. The van der Waals surface area contributed by atoms with Crippen LogP contribution in [0.4, 0.5) is 11.5 Å². The fourth-order valence-electron chi connectivity index (χ4n) is 2.78. The van der Waals surface area contributed by atoms with E-state index in [1.807, 2.05) is 30.3 Å². The van der Waals surface area contributed by atoms with Gasteiger partial charge < -0.3 is 5.32 Å². The number of para-hydroxylation sites is 1. The molecule has 6 nitrogen and oxygen atoms in total. The van der Waals surface area contributed by atoms with Crippen molar-refractivity contribution in [2.45, 2.75) is 19.8 Å². The minimum Gasteiger partial charge on any atom is -0.338 e. The van der Waals surface area contributed by atoms with Crippen molar-refractivity contribution in [1.82, 2.24) is 20.4 Å². The monoisotopic (exact) mass is 383 g/mol. The molecular weight excluding hydrogens is 362 g/mol. The lowest BCUT2D eigenvalue weighted by molar-refractivity contribution is 0.0852. The second-order valence-electron chi connectivity index (χ2n) is 6.42. The molecule has 2 aromatic carbocycles. The summed E-state index contributed by atoms with van der Waals surface area (Å²) in [4.78, 5) is 22.0. The van der Waals surface area contributed by atoms with Crippen LogP contribution in [0.2, 0.25) is 5.02 Å². The number of hydrazine groups is 1. The molecule has 140 valence electrons. The van der Waals surface area contributed by atoms with Crippen molar-refractivity contribution in [1.29, 1.82) is 0 Å². The van der Waals surface area contributed by atoms with Crippen LogP contribution in [0.15, 0.2) is 42.5 Å². The summed E-state index contributed by atoms with van der Waals surface area (Å²) in [6, 6.07) is 13.1. The van der Waals surface area contributed by atoms with Crippen LogP contribution >= 0.6 is 11.6 Å². The molecule has 2 N–H and O–H groups in total. The van der Waals surface area contributed by atoms with Crippen LogP contribution in [0.1, 0.15) is 29.4 Å². The first-order chi connectivity index (χ1) is 13.0. The highest BCUT2D eigenvalue weighted by atomic mass is 35.5. The van der Waals surface area contributed by atoms with E-state index >= 15 is 0 Å². The molecule has 1 aromatic heterocycles. The number of fused-ring (bicyclic) bond motifs is 1. The highest BCUT2D eigenvalue weighted by Gasteiger charge is 2.18. The highest BCUT2D eigenvalue weighted by molar-refractivity contribution is 6.30. The van der Waals surface area contributed by atoms with Gasteiger partial charge in [0.05, 0.1) is 11.0 Å². The summed E-state index contributed by atoms with van der Waals surface area (Å²) in [5.41, 5.74) is 6.36.